The summed E-state index contributed by atoms with van der Waals surface area (Å²) in [6, 6.07) is 7.71. The summed E-state index contributed by atoms with van der Waals surface area (Å²) in [6.45, 7) is 5.52. The van der Waals surface area contributed by atoms with Gasteiger partial charge in [0.1, 0.15) is 0 Å². The lowest BCUT2D eigenvalue weighted by Gasteiger charge is -2.22. The van der Waals surface area contributed by atoms with Crippen molar-refractivity contribution in [3.8, 4) is 0 Å². The maximum atomic E-state index is 3.61. The van der Waals surface area contributed by atoms with Crippen molar-refractivity contribution in [2.24, 2.45) is 0 Å². The molecule has 0 heterocycles. The maximum Gasteiger partial charge on any atom is 0.0320 e. The normalized spacial score (nSPS) is 16.6. The lowest BCUT2D eigenvalue weighted by Crippen LogP contribution is -2.21. The number of aryl methyl sites for hydroxylation is 2. The number of hydrogen-bond acceptors (Lipinski definition) is 1. The maximum absolute atomic E-state index is 3.61. The van der Waals surface area contributed by atoms with E-state index in [-0.39, 0.29) is 0 Å². The van der Waals surface area contributed by atoms with Crippen molar-refractivity contribution in [2.45, 2.75) is 58.4 Å². The molecule has 1 aliphatic carbocycles. The van der Waals surface area contributed by atoms with Gasteiger partial charge in [-0.3, -0.25) is 0 Å². The highest BCUT2D eigenvalue weighted by Gasteiger charge is 2.13. The van der Waals surface area contributed by atoms with Crippen molar-refractivity contribution in [2.75, 3.05) is 6.54 Å². The molecule has 94 valence electrons. The van der Waals surface area contributed by atoms with Crippen LogP contribution in [-0.4, -0.2) is 6.54 Å². The minimum atomic E-state index is 0.553. The molecule has 0 amide bonds. The first-order valence-electron chi connectivity index (χ1n) is 7.20. The van der Waals surface area contributed by atoms with Crippen LogP contribution in [0.1, 0.15) is 62.3 Å². The van der Waals surface area contributed by atoms with Crippen LogP contribution in [0.3, 0.4) is 0 Å². The number of benzene rings is 1. The highest BCUT2D eigenvalue weighted by atomic mass is 14.9. The Morgan fingerprint density at radius 2 is 1.88 bits per heavy atom. The van der Waals surface area contributed by atoms with Gasteiger partial charge < -0.3 is 5.32 Å². The monoisotopic (exact) mass is 231 g/mol. The van der Waals surface area contributed by atoms with E-state index in [0.717, 1.165) is 6.54 Å². The Kier molecular flexibility index (Phi) is 4.61. The van der Waals surface area contributed by atoms with Gasteiger partial charge in [-0.15, -0.1) is 0 Å². The lowest BCUT2D eigenvalue weighted by molar-refractivity contribution is 0.508. The van der Waals surface area contributed by atoms with Gasteiger partial charge in [-0.05, 0) is 55.3 Å². The van der Waals surface area contributed by atoms with E-state index in [0.29, 0.717) is 6.04 Å². The second-order valence-electron chi connectivity index (χ2n) is 5.13. The molecule has 1 atom stereocenters. The standard InChI is InChI=1S/C16H25N/c1-3-7-16(17-4-2)15-11-10-13-8-5-6-9-14(13)12-15/h10-12,16-17H,3-9H2,1-2H3. The van der Waals surface area contributed by atoms with Gasteiger partial charge in [-0.2, -0.15) is 0 Å². The zero-order valence-corrected chi connectivity index (χ0v) is 11.3. The van der Waals surface area contributed by atoms with E-state index in [1.807, 2.05) is 0 Å². The van der Waals surface area contributed by atoms with Crippen LogP contribution in [-0.2, 0) is 12.8 Å². The van der Waals surface area contributed by atoms with Gasteiger partial charge in [0.05, 0.1) is 0 Å². The summed E-state index contributed by atoms with van der Waals surface area (Å²) in [5, 5.41) is 3.61. The van der Waals surface area contributed by atoms with Crippen LogP contribution in [0.4, 0.5) is 0 Å². The second-order valence-corrected chi connectivity index (χ2v) is 5.13. The topological polar surface area (TPSA) is 12.0 Å². The molecule has 17 heavy (non-hydrogen) atoms. The quantitative estimate of drug-likeness (QED) is 0.807. The Morgan fingerprint density at radius 3 is 2.59 bits per heavy atom. The molecule has 0 saturated carbocycles. The van der Waals surface area contributed by atoms with Crippen LogP contribution >= 0.6 is 0 Å². The molecule has 1 heteroatoms. The molecule has 0 bridgehead atoms. The van der Waals surface area contributed by atoms with Crippen molar-refractivity contribution in [3.05, 3.63) is 34.9 Å². The van der Waals surface area contributed by atoms with Gasteiger partial charge in [0.2, 0.25) is 0 Å². The molecule has 0 saturated heterocycles. The summed E-state index contributed by atoms with van der Waals surface area (Å²) in [6.07, 6.45) is 7.80. The fraction of sp³-hybridized carbons (Fsp3) is 0.625. The Labute approximate surface area is 106 Å². The van der Waals surface area contributed by atoms with E-state index >= 15 is 0 Å². The molecule has 1 nitrogen and oxygen atoms in total. The number of hydrogen-bond donors (Lipinski definition) is 1. The third kappa shape index (κ3) is 3.10. The van der Waals surface area contributed by atoms with E-state index in [1.165, 1.54) is 44.1 Å². The molecule has 0 radical (unpaired) electrons. The zero-order chi connectivity index (χ0) is 12.1. The van der Waals surface area contributed by atoms with Crippen molar-refractivity contribution in [3.63, 3.8) is 0 Å². The third-order valence-electron chi connectivity index (χ3n) is 3.80. The fourth-order valence-corrected chi connectivity index (χ4v) is 2.89. The molecule has 1 N–H and O–H groups in total. The largest absolute Gasteiger partial charge is 0.310 e. The zero-order valence-electron chi connectivity index (χ0n) is 11.3. The lowest BCUT2D eigenvalue weighted by atomic mass is 9.88. The van der Waals surface area contributed by atoms with Crippen LogP contribution in [0.25, 0.3) is 0 Å². The smallest absolute Gasteiger partial charge is 0.0320 e. The molecule has 1 aromatic rings. The fourth-order valence-electron chi connectivity index (χ4n) is 2.89. The van der Waals surface area contributed by atoms with Crippen LogP contribution < -0.4 is 5.32 Å². The average molecular weight is 231 g/mol. The summed E-state index contributed by atoms with van der Waals surface area (Å²) in [7, 11) is 0. The van der Waals surface area contributed by atoms with Crippen molar-refractivity contribution < 1.29 is 0 Å². The molecule has 0 aromatic heterocycles. The molecule has 1 aromatic carbocycles. The Bertz CT molecular complexity index is 351. The van der Waals surface area contributed by atoms with Crippen molar-refractivity contribution in [1.29, 1.82) is 0 Å². The SMILES string of the molecule is CCCC(NCC)c1ccc2c(c1)CCCC2. The molecule has 1 unspecified atom stereocenters. The first-order valence-corrected chi connectivity index (χ1v) is 7.20. The van der Waals surface area contributed by atoms with Crippen molar-refractivity contribution >= 4 is 0 Å². The Balaban J connectivity index is 2.18. The van der Waals surface area contributed by atoms with Gasteiger partial charge >= 0.3 is 0 Å². The first-order chi connectivity index (χ1) is 8.35. The van der Waals surface area contributed by atoms with Gasteiger partial charge in [0.15, 0.2) is 0 Å². The van der Waals surface area contributed by atoms with E-state index in [9.17, 15) is 0 Å². The Morgan fingerprint density at radius 1 is 1.12 bits per heavy atom. The summed E-state index contributed by atoms with van der Waals surface area (Å²) in [5.41, 5.74) is 4.69. The molecule has 2 rings (SSSR count). The number of nitrogens with one attached hydrogen (secondary N) is 1. The molecule has 0 fully saturated rings. The Hall–Kier alpha value is -0.820. The first kappa shape index (κ1) is 12.6. The number of rotatable bonds is 5. The summed E-state index contributed by atoms with van der Waals surface area (Å²) < 4.78 is 0. The molecular weight excluding hydrogens is 206 g/mol. The van der Waals surface area contributed by atoms with Crippen LogP contribution in [0, 0.1) is 0 Å². The number of fused-ring (bicyclic) bond motifs is 1. The van der Waals surface area contributed by atoms with Gasteiger partial charge in [0.25, 0.3) is 0 Å². The highest BCUT2D eigenvalue weighted by molar-refractivity contribution is 5.35. The molecule has 0 aliphatic heterocycles. The van der Waals surface area contributed by atoms with Crippen LogP contribution in [0.2, 0.25) is 0 Å². The van der Waals surface area contributed by atoms with Crippen LogP contribution in [0.5, 0.6) is 0 Å². The van der Waals surface area contributed by atoms with Crippen LogP contribution in [0.15, 0.2) is 18.2 Å². The minimum Gasteiger partial charge on any atom is -0.310 e. The van der Waals surface area contributed by atoms with Gasteiger partial charge in [-0.1, -0.05) is 38.5 Å². The van der Waals surface area contributed by atoms with E-state index in [4.69, 9.17) is 0 Å². The third-order valence-corrected chi connectivity index (χ3v) is 3.80. The predicted molar refractivity (Wildman–Crippen MR) is 74.4 cm³/mol. The molecule has 1 aliphatic rings. The van der Waals surface area contributed by atoms with E-state index in [1.54, 1.807) is 11.1 Å². The van der Waals surface area contributed by atoms with Crippen molar-refractivity contribution in [1.82, 2.24) is 5.32 Å². The summed E-state index contributed by atoms with van der Waals surface area (Å²) >= 11 is 0. The summed E-state index contributed by atoms with van der Waals surface area (Å²) in [4.78, 5) is 0. The van der Waals surface area contributed by atoms with Gasteiger partial charge in [-0.25, -0.2) is 0 Å². The second kappa shape index (κ2) is 6.20. The molecule has 0 spiro atoms. The van der Waals surface area contributed by atoms with E-state index < -0.39 is 0 Å². The molecular formula is C16H25N. The van der Waals surface area contributed by atoms with E-state index in [2.05, 4.69) is 37.4 Å². The highest BCUT2D eigenvalue weighted by Crippen LogP contribution is 2.26. The average Bonchev–Trinajstić information content (AvgIpc) is 2.38. The summed E-state index contributed by atoms with van der Waals surface area (Å²) in [5.74, 6) is 0. The predicted octanol–water partition coefficient (Wildman–Crippen LogP) is 4.02. The minimum absolute atomic E-state index is 0.553. The van der Waals surface area contributed by atoms with Gasteiger partial charge in [0, 0.05) is 6.04 Å².